The van der Waals surface area contributed by atoms with Crippen LogP contribution < -0.4 is 15.4 Å². The minimum absolute atomic E-state index is 0.106. The maximum atomic E-state index is 13.0. The van der Waals surface area contributed by atoms with Crippen LogP contribution in [0.25, 0.3) is 6.08 Å². The summed E-state index contributed by atoms with van der Waals surface area (Å²) in [4.78, 5) is 24.2. The van der Waals surface area contributed by atoms with Crippen molar-refractivity contribution in [3.8, 4) is 11.8 Å². The smallest absolute Gasteiger partial charge is 0.266 e. The highest BCUT2D eigenvalue weighted by molar-refractivity contribution is 6.09. The van der Waals surface area contributed by atoms with Crippen LogP contribution in [0.3, 0.4) is 0 Å². The van der Waals surface area contributed by atoms with Crippen molar-refractivity contribution >= 4 is 23.6 Å². The first kappa shape index (κ1) is 23.2. The fraction of sp³-hybridized carbons (Fsp3) is 0.115. The molecular weight excluding hydrogens is 421 g/mol. The topological polar surface area (TPSA) is 91.2 Å². The Labute approximate surface area is 191 Å². The van der Waals surface area contributed by atoms with Gasteiger partial charge >= 0.3 is 0 Å². The minimum atomic E-state index is -0.600. The lowest BCUT2D eigenvalue weighted by atomic mass is 10.1. The molecule has 3 rings (SSSR count). The van der Waals surface area contributed by atoms with Crippen LogP contribution in [0.5, 0.6) is 5.75 Å². The van der Waals surface area contributed by atoms with Crippen molar-refractivity contribution in [3.05, 3.63) is 101 Å². The van der Waals surface area contributed by atoms with E-state index in [9.17, 15) is 19.2 Å². The second kappa shape index (κ2) is 11.8. The van der Waals surface area contributed by atoms with E-state index in [2.05, 4.69) is 10.6 Å². The number of carbonyl (C=O) groups is 2. The predicted octanol–water partition coefficient (Wildman–Crippen LogP) is 4.11. The van der Waals surface area contributed by atoms with E-state index in [4.69, 9.17) is 4.74 Å². The van der Waals surface area contributed by atoms with Gasteiger partial charge in [-0.25, -0.2) is 4.39 Å². The summed E-state index contributed by atoms with van der Waals surface area (Å²) in [6, 6.07) is 23.6. The summed E-state index contributed by atoms with van der Waals surface area (Å²) in [5.41, 5.74) is 2.03. The third-order valence-electron chi connectivity index (χ3n) is 4.61. The fourth-order valence-electron chi connectivity index (χ4n) is 2.90. The number of anilines is 1. The van der Waals surface area contributed by atoms with Crippen molar-refractivity contribution < 1.29 is 18.7 Å². The van der Waals surface area contributed by atoms with Gasteiger partial charge in [0.15, 0.2) is 6.61 Å². The first-order chi connectivity index (χ1) is 16.0. The number of rotatable bonds is 9. The van der Waals surface area contributed by atoms with Crippen molar-refractivity contribution in [1.29, 1.82) is 5.26 Å². The number of benzene rings is 3. The molecular formula is C26H22FN3O3. The molecule has 0 saturated carbocycles. The van der Waals surface area contributed by atoms with Gasteiger partial charge in [-0.15, -0.1) is 0 Å². The second-order valence-electron chi connectivity index (χ2n) is 7.07. The van der Waals surface area contributed by atoms with Crippen molar-refractivity contribution in [1.82, 2.24) is 5.32 Å². The van der Waals surface area contributed by atoms with Crippen molar-refractivity contribution in [2.75, 3.05) is 18.5 Å². The zero-order valence-corrected chi connectivity index (χ0v) is 17.8. The third-order valence-corrected chi connectivity index (χ3v) is 4.61. The molecule has 0 aliphatic carbocycles. The SMILES string of the molecule is N#C/C(=C\c1ccc(OCC(=O)NCCc2ccccc2)cc1)C(=O)Nc1ccc(F)cc1. The van der Waals surface area contributed by atoms with Crippen LogP contribution >= 0.6 is 0 Å². The maximum Gasteiger partial charge on any atom is 0.266 e. The van der Waals surface area contributed by atoms with Gasteiger partial charge in [-0.05, 0) is 60.0 Å². The van der Waals surface area contributed by atoms with Gasteiger partial charge in [0.05, 0.1) is 0 Å². The molecule has 2 amide bonds. The molecule has 0 radical (unpaired) electrons. The maximum absolute atomic E-state index is 13.0. The average molecular weight is 443 g/mol. The Hall–Kier alpha value is -4.44. The van der Waals surface area contributed by atoms with Crippen LogP contribution in [-0.2, 0) is 16.0 Å². The van der Waals surface area contributed by atoms with Crippen molar-refractivity contribution in [2.45, 2.75) is 6.42 Å². The molecule has 6 nitrogen and oxygen atoms in total. The van der Waals surface area contributed by atoms with E-state index in [0.29, 0.717) is 23.5 Å². The zero-order valence-electron chi connectivity index (χ0n) is 17.8. The summed E-state index contributed by atoms with van der Waals surface area (Å²) in [5.74, 6) is -0.758. The molecule has 0 bridgehead atoms. The van der Waals surface area contributed by atoms with Gasteiger partial charge in [0.1, 0.15) is 23.2 Å². The summed E-state index contributed by atoms with van der Waals surface area (Å²) >= 11 is 0. The largest absolute Gasteiger partial charge is 0.484 e. The summed E-state index contributed by atoms with van der Waals surface area (Å²) in [5, 5.41) is 14.7. The molecule has 7 heteroatoms. The van der Waals surface area contributed by atoms with E-state index in [0.717, 1.165) is 12.0 Å². The van der Waals surface area contributed by atoms with Gasteiger partial charge in [-0.2, -0.15) is 5.26 Å². The lowest BCUT2D eigenvalue weighted by Crippen LogP contribution is -2.30. The van der Waals surface area contributed by atoms with E-state index in [1.54, 1.807) is 24.3 Å². The molecule has 166 valence electrons. The lowest BCUT2D eigenvalue weighted by molar-refractivity contribution is -0.123. The van der Waals surface area contributed by atoms with Crippen LogP contribution in [0.4, 0.5) is 10.1 Å². The number of halogens is 1. The molecule has 0 saturated heterocycles. The van der Waals surface area contributed by atoms with Crippen LogP contribution in [-0.4, -0.2) is 25.0 Å². The number of carbonyl (C=O) groups excluding carboxylic acids is 2. The predicted molar refractivity (Wildman–Crippen MR) is 124 cm³/mol. The molecule has 0 unspecified atom stereocenters. The van der Waals surface area contributed by atoms with Crippen LogP contribution in [0.1, 0.15) is 11.1 Å². The van der Waals surface area contributed by atoms with Gasteiger partial charge in [0.2, 0.25) is 0 Å². The number of ether oxygens (including phenoxy) is 1. The number of nitriles is 1. The molecule has 0 atom stereocenters. The Balaban J connectivity index is 1.48. The number of nitrogens with zero attached hydrogens (tertiary/aromatic N) is 1. The summed E-state index contributed by atoms with van der Waals surface area (Å²) in [7, 11) is 0. The zero-order chi connectivity index (χ0) is 23.5. The molecule has 3 aromatic rings. The number of hydrogen-bond acceptors (Lipinski definition) is 4. The van der Waals surface area contributed by atoms with E-state index in [1.165, 1.54) is 30.3 Å². The molecule has 0 aliphatic heterocycles. The molecule has 0 heterocycles. The van der Waals surface area contributed by atoms with Gasteiger partial charge in [0.25, 0.3) is 11.8 Å². The average Bonchev–Trinajstić information content (AvgIpc) is 2.84. The molecule has 3 aromatic carbocycles. The molecule has 0 fully saturated rings. The second-order valence-corrected chi connectivity index (χ2v) is 7.07. The van der Waals surface area contributed by atoms with Crippen LogP contribution in [0, 0.1) is 17.1 Å². The molecule has 0 aliphatic rings. The summed E-state index contributed by atoms with van der Waals surface area (Å²) in [6.45, 7) is 0.403. The lowest BCUT2D eigenvalue weighted by Gasteiger charge is -2.08. The standard InChI is InChI=1S/C26H22FN3O3/c27-22-8-10-23(11-9-22)30-26(32)21(17-28)16-20-6-12-24(13-7-20)33-18-25(31)29-15-14-19-4-2-1-3-5-19/h1-13,16H,14-15,18H2,(H,29,31)(H,30,32)/b21-16+. The molecule has 0 spiro atoms. The monoisotopic (exact) mass is 443 g/mol. The van der Waals surface area contributed by atoms with Gasteiger partial charge in [-0.3, -0.25) is 9.59 Å². The van der Waals surface area contributed by atoms with Crippen LogP contribution in [0.2, 0.25) is 0 Å². The Kier molecular flexibility index (Phi) is 8.32. The van der Waals surface area contributed by atoms with Gasteiger partial charge in [0, 0.05) is 12.2 Å². The van der Waals surface area contributed by atoms with Gasteiger partial charge < -0.3 is 15.4 Å². The molecule has 33 heavy (non-hydrogen) atoms. The first-order valence-corrected chi connectivity index (χ1v) is 10.3. The number of amides is 2. The van der Waals surface area contributed by atoms with Gasteiger partial charge in [-0.1, -0.05) is 42.5 Å². The number of nitrogens with one attached hydrogen (secondary N) is 2. The molecule has 0 aromatic heterocycles. The Bertz CT molecular complexity index is 1150. The quantitative estimate of drug-likeness (QED) is 0.385. The normalized spacial score (nSPS) is 10.7. The van der Waals surface area contributed by atoms with Crippen molar-refractivity contribution in [3.63, 3.8) is 0 Å². The highest BCUT2D eigenvalue weighted by Gasteiger charge is 2.10. The molecule has 2 N–H and O–H groups in total. The minimum Gasteiger partial charge on any atom is -0.484 e. The number of hydrogen-bond donors (Lipinski definition) is 2. The van der Waals surface area contributed by atoms with Crippen molar-refractivity contribution in [2.24, 2.45) is 0 Å². The highest BCUT2D eigenvalue weighted by Crippen LogP contribution is 2.16. The van der Waals surface area contributed by atoms with E-state index in [-0.39, 0.29) is 18.1 Å². The van der Waals surface area contributed by atoms with E-state index < -0.39 is 11.7 Å². The Morgan fingerprint density at radius 1 is 0.970 bits per heavy atom. The third kappa shape index (κ3) is 7.64. The van der Waals surface area contributed by atoms with E-state index >= 15 is 0 Å². The highest BCUT2D eigenvalue weighted by atomic mass is 19.1. The Morgan fingerprint density at radius 2 is 1.67 bits per heavy atom. The Morgan fingerprint density at radius 3 is 2.33 bits per heavy atom. The summed E-state index contributed by atoms with van der Waals surface area (Å²) in [6.07, 6.45) is 2.17. The first-order valence-electron chi connectivity index (χ1n) is 10.3. The van der Waals surface area contributed by atoms with Crippen LogP contribution in [0.15, 0.2) is 84.4 Å². The fourth-order valence-corrected chi connectivity index (χ4v) is 2.90. The van der Waals surface area contributed by atoms with E-state index in [1.807, 2.05) is 36.4 Å². The summed E-state index contributed by atoms with van der Waals surface area (Å²) < 4.78 is 18.5.